The Balaban J connectivity index is 2.27. The minimum atomic E-state index is -1.20. The number of carboxylic acids is 1. The number of hydrogen-bond donors (Lipinski definition) is 1. The SMILES string of the molecule is O=C(O)Cn1cnc(CC2CC2)c(F)c1=O. The third kappa shape index (κ3) is 2.26. The molecule has 0 aromatic carbocycles. The van der Waals surface area contributed by atoms with Gasteiger partial charge in [-0.05, 0) is 25.2 Å². The fourth-order valence-electron chi connectivity index (χ4n) is 1.49. The summed E-state index contributed by atoms with van der Waals surface area (Å²) in [5.74, 6) is -1.69. The maximum Gasteiger partial charge on any atom is 0.323 e. The number of hydrogen-bond acceptors (Lipinski definition) is 3. The van der Waals surface area contributed by atoms with Crippen LogP contribution in [0.15, 0.2) is 11.1 Å². The molecule has 1 N–H and O–H groups in total. The van der Waals surface area contributed by atoms with Crippen LogP contribution < -0.4 is 5.56 Å². The third-order valence-corrected chi connectivity index (χ3v) is 2.54. The molecule has 6 heteroatoms. The van der Waals surface area contributed by atoms with Crippen molar-refractivity contribution >= 4 is 5.97 Å². The van der Waals surface area contributed by atoms with Crippen molar-refractivity contribution < 1.29 is 14.3 Å². The molecule has 0 aliphatic heterocycles. The minimum Gasteiger partial charge on any atom is -0.480 e. The van der Waals surface area contributed by atoms with Gasteiger partial charge in [-0.25, -0.2) is 4.98 Å². The van der Waals surface area contributed by atoms with Crippen LogP contribution in [0.5, 0.6) is 0 Å². The van der Waals surface area contributed by atoms with Crippen molar-refractivity contribution in [3.8, 4) is 0 Å². The van der Waals surface area contributed by atoms with E-state index >= 15 is 0 Å². The van der Waals surface area contributed by atoms with Crippen LogP contribution in [0.2, 0.25) is 0 Å². The molecule has 0 radical (unpaired) electrons. The van der Waals surface area contributed by atoms with Crippen molar-refractivity contribution in [2.45, 2.75) is 25.8 Å². The maximum absolute atomic E-state index is 13.5. The van der Waals surface area contributed by atoms with E-state index in [2.05, 4.69) is 4.98 Å². The van der Waals surface area contributed by atoms with Crippen LogP contribution in [0.25, 0.3) is 0 Å². The van der Waals surface area contributed by atoms with Gasteiger partial charge >= 0.3 is 5.97 Å². The zero-order valence-electron chi connectivity index (χ0n) is 8.52. The smallest absolute Gasteiger partial charge is 0.323 e. The average molecular weight is 226 g/mol. The van der Waals surface area contributed by atoms with E-state index in [4.69, 9.17) is 5.11 Å². The molecule has 0 unspecified atom stereocenters. The van der Waals surface area contributed by atoms with Gasteiger partial charge in [0, 0.05) is 0 Å². The Morgan fingerprint density at radius 3 is 2.88 bits per heavy atom. The predicted molar refractivity (Wildman–Crippen MR) is 52.5 cm³/mol. The zero-order chi connectivity index (χ0) is 11.7. The lowest BCUT2D eigenvalue weighted by Crippen LogP contribution is -2.28. The molecule has 0 atom stereocenters. The van der Waals surface area contributed by atoms with E-state index in [0.29, 0.717) is 12.3 Å². The van der Waals surface area contributed by atoms with Crippen LogP contribution in [0, 0.1) is 11.7 Å². The van der Waals surface area contributed by atoms with Crippen molar-refractivity contribution in [3.63, 3.8) is 0 Å². The molecule has 0 amide bonds. The molecule has 0 bridgehead atoms. The number of carbonyl (C=O) groups is 1. The molecule has 0 saturated heterocycles. The van der Waals surface area contributed by atoms with E-state index in [9.17, 15) is 14.0 Å². The van der Waals surface area contributed by atoms with E-state index in [1.165, 1.54) is 0 Å². The van der Waals surface area contributed by atoms with Crippen LogP contribution in [0.3, 0.4) is 0 Å². The Morgan fingerprint density at radius 2 is 2.31 bits per heavy atom. The monoisotopic (exact) mass is 226 g/mol. The molecule has 1 aliphatic carbocycles. The standard InChI is InChI=1S/C10H11FN2O3/c11-9-7(3-6-1-2-6)12-5-13(10(9)16)4-8(14)15/h5-6H,1-4H2,(H,14,15). The summed E-state index contributed by atoms with van der Waals surface area (Å²) < 4.78 is 14.3. The second-order valence-electron chi connectivity index (χ2n) is 3.98. The summed E-state index contributed by atoms with van der Waals surface area (Å²) in [7, 11) is 0. The molecule has 1 heterocycles. The molecule has 1 aliphatic rings. The molecule has 86 valence electrons. The van der Waals surface area contributed by atoms with Gasteiger partial charge in [0.2, 0.25) is 5.82 Å². The predicted octanol–water partition coefficient (Wildman–Crippen LogP) is 0.420. The normalized spacial score (nSPS) is 15.1. The molecule has 1 aromatic rings. The summed E-state index contributed by atoms with van der Waals surface area (Å²) in [4.78, 5) is 25.6. The Hall–Kier alpha value is -1.72. The highest BCUT2D eigenvalue weighted by atomic mass is 19.1. The van der Waals surface area contributed by atoms with Crippen LogP contribution >= 0.6 is 0 Å². The number of nitrogens with zero attached hydrogens (tertiary/aromatic N) is 2. The lowest BCUT2D eigenvalue weighted by molar-refractivity contribution is -0.137. The van der Waals surface area contributed by atoms with Gasteiger partial charge < -0.3 is 5.11 Å². The van der Waals surface area contributed by atoms with E-state index in [-0.39, 0.29) is 5.69 Å². The fraction of sp³-hybridized carbons (Fsp3) is 0.500. The Labute approximate surface area is 90.5 Å². The zero-order valence-corrected chi connectivity index (χ0v) is 8.52. The number of carboxylic acid groups (broad SMARTS) is 1. The van der Waals surface area contributed by atoms with E-state index in [1.54, 1.807) is 0 Å². The molecule has 5 nitrogen and oxygen atoms in total. The van der Waals surface area contributed by atoms with Crippen molar-refractivity contribution in [2.24, 2.45) is 5.92 Å². The molecule has 1 aromatic heterocycles. The van der Waals surface area contributed by atoms with Crippen LogP contribution in [0.4, 0.5) is 4.39 Å². The Morgan fingerprint density at radius 1 is 1.62 bits per heavy atom. The maximum atomic E-state index is 13.5. The first-order chi connectivity index (χ1) is 7.58. The number of halogens is 1. The Bertz CT molecular complexity index is 479. The van der Waals surface area contributed by atoms with Gasteiger partial charge in [0.1, 0.15) is 6.54 Å². The van der Waals surface area contributed by atoms with Crippen molar-refractivity contribution in [1.29, 1.82) is 0 Å². The van der Waals surface area contributed by atoms with Crippen molar-refractivity contribution in [1.82, 2.24) is 9.55 Å². The van der Waals surface area contributed by atoms with Crippen LogP contribution in [-0.2, 0) is 17.8 Å². The summed E-state index contributed by atoms with van der Waals surface area (Å²) in [5.41, 5.74) is -0.762. The van der Waals surface area contributed by atoms with Gasteiger partial charge in [0.15, 0.2) is 0 Å². The number of aliphatic carboxylic acids is 1. The largest absolute Gasteiger partial charge is 0.480 e. The van der Waals surface area contributed by atoms with E-state index < -0.39 is 23.9 Å². The van der Waals surface area contributed by atoms with Gasteiger partial charge in [-0.3, -0.25) is 14.2 Å². The highest BCUT2D eigenvalue weighted by Crippen LogP contribution is 2.32. The summed E-state index contributed by atoms with van der Waals surface area (Å²) in [6.07, 6.45) is 3.64. The molecule has 1 fully saturated rings. The first-order valence-electron chi connectivity index (χ1n) is 5.03. The van der Waals surface area contributed by atoms with Crippen molar-refractivity contribution in [2.75, 3.05) is 0 Å². The summed E-state index contributed by atoms with van der Waals surface area (Å²) in [5, 5.41) is 8.50. The molecule has 16 heavy (non-hydrogen) atoms. The summed E-state index contributed by atoms with van der Waals surface area (Å²) >= 11 is 0. The highest BCUT2D eigenvalue weighted by Gasteiger charge is 2.25. The topological polar surface area (TPSA) is 72.2 Å². The first kappa shape index (κ1) is 10.8. The van der Waals surface area contributed by atoms with Gasteiger partial charge in [-0.2, -0.15) is 4.39 Å². The lowest BCUT2D eigenvalue weighted by Gasteiger charge is -2.04. The molecule has 2 rings (SSSR count). The fourth-order valence-corrected chi connectivity index (χ4v) is 1.49. The highest BCUT2D eigenvalue weighted by molar-refractivity contribution is 5.66. The summed E-state index contributed by atoms with van der Waals surface area (Å²) in [6, 6.07) is 0. The number of aromatic nitrogens is 2. The van der Waals surface area contributed by atoms with Gasteiger partial charge in [-0.15, -0.1) is 0 Å². The van der Waals surface area contributed by atoms with Crippen LogP contribution in [0.1, 0.15) is 18.5 Å². The minimum absolute atomic E-state index is 0.147. The van der Waals surface area contributed by atoms with Gasteiger partial charge in [0.05, 0.1) is 12.0 Å². The lowest BCUT2D eigenvalue weighted by atomic mass is 10.2. The Kier molecular flexibility index (Phi) is 2.72. The second kappa shape index (κ2) is 4.03. The second-order valence-corrected chi connectivity index (χ2v) is 3.98. The quantitative estimate of drug-likeness (QED) is 0.807. The molecular weight excluding hydrogens is 215 g/mol. The van der Waals surface area contributed by atoms with Crippen molar-refractivity contribution in [3.05, 3.63) is 28.2 Å². The average Bonchev–Trinajstić information content (AvgIpc) is 3.01. The molecular formula is C10H11FN2O3. The van der Waals surface area contributed by atoms with Crippen LogP contribution in [-0.4, -0.2) is 20.6 Å². The first-order valence-corrected chi connectivity index (χ1v) is 5.03. The van der Waals surface area contributed by atoms with E-state index in [0.717, 1.165) is 23.7 Å². The third-order valence-electron chi connectivity index (χ3n) is 2.54. The van der Waals surface area contributed by atoms with Gasteiger partial charge in [0.25, 0.3) is 5.56 Å². The molecule has 1 saturated carbocycles. The van der Waals surface area contributed by atoms with E-state index in [1.807, 2.05) is 0 Å². The number of rotatable bonds is 4. The summed E-state index contributed by atoms with van der Waals surface area (Å²) in [6.45, 7) is -0.563. The van der Waals surface area contributed by atoms with Gasteiger partial charge in [-0.1, -0.05) is 0 Å². The molecule has 0 spiro atoms.